The fourth-order valence-corrected chi connectivity index (χ4v) is 4.19. The van der Waals surface area contributed by atoms with Crippen LogP contribution in [0.5, 0.6) is 0 Å². The van der Waals surface area contributed by atoms with Gasteiger partial charge < -0.3 is 14.5 Å². The summed E-state index contributed by atoms with van der Waals surface area (Å²) in [4.78, 5) is 4.49. The summed E-state index contributed by atoms with van der Waals surface area (Å²) in [7, 11) is 0. The molecule has 2 unspecified atom stereocenters. The van der Waals surface area contributed by atoms with E-state index < -0.39 is 0 Å². The van der Waals surface area contributed by atoms with Gasteiger partial charge in [-0.3, -0.25) is 0 Å². The Bertz CT molecular complexity index is 1100. The maximum Gasteiger partial charge on any atom is 0.156 e. The normalized spacial score (nSPS) is 17.2. The maximum atomic E-state index is 6.70. The molecule has 3 heteroatoms. The minimum atomic E-state index is -0.225. The molecule has 0 saturated heterocycles. The number of anilines is 4. The summed E-state index contributed by atoms with van der Waals surface area (Å²) in [5.74, 6) is 0. The summed E-state index contributed by atoms with van der Waals surface area (Å²) in [6, 6.07) is 38.0. The molecular weight excluding hydrogens is 404 g/mol. The maximum absolute atomic E-state index is 6.70. The van der Waals surface area contributed by atoms with Gasteiger partial charge in [0.15, 0.2) is 12.5 Å². The van der Waals surface area contributed by atoms with Gasteiger partial charge in [0.2, 0.25) is 0 Å². The van der Waals surface area contributed by atoms with E-state index in [-0.39, 0.29) is 12.5 Å². The Morgan fingerprint density at radius 2 is 0.788 bits per heavy atom. The Kier molecular flexibility index (Phi) is 5.97. The molecule has 0 aliphatic carbocycles. The van der Waals surface area contributed by atoms with Crippen molar-refractivity contribution in [3.05, 3.63) is 132 Å². The molecule has 2 atom stereocenters. The average molecular weight is 433 g/mol. The second kappa shape index (κ2) is 9.35. The van der Waals surface area contributed by atoms with E-state index in [1.807, 2.05) is 12.1 Å². The number of benzene rings is 4. The van der Waals surface area contributed by atoms with Crippen LogP contribution >= 0.6 is 0 Å². The molecule has 0 spiro atoms. The van der Waals surface area contributed by atoms with Crippen molar-refractivity contribution in [2.45, 2.75) is 26.3 Å². The van der Waals surface area contributed by atoms with Crippen LogP contribution in [-0.2, 0) is 4.74 Å². The zero-order valence-corrected chi connectivity index (χ0v) is 19.0. The number of rotatable bonds is 6. The molecule has 33 heavy (non-hydrogen) atoms. The molecule has 0 bridgehead atoms. The van der Waals surface area contributed by atoms with Gasteiger partial charge in [-0.1, -0.05) is 71.8 Å². The van der Waals surface area contributed by atoms with Crippen molar-refractivity contribution in [3.8, 4) is 0 Å². The number of hydrogen-bond donors (Lipinski definition) is 0. The van der Waals surface area contributed by atoms with E-state index in [4.69, 9.17) is 4.74 Å². The molecule has 1 aliphatic rings. The summed E-state index contributed by atoms with van der Waals surface area (Å²) < 4.78 is 6.70. The molecule has 1 heterocycles. The largest absolute Gasteiger partial charge is 0.327 e. The number of nitrogens with zero attached hydrogens (tertiary/aromatic N) is 2. The molecule has 0 radical (unpaired) electrons. The first kappa shape index (κ1) is 21.0. The quantitative estimate of drug-likeness (QED) is 0.293. The van der Waals surface area contributed by atoms with E-state index in [1.165, 1.54) is 11.1 Å². The van der Waals surface area contributed by atoms with Crippen molar-refractivity contribution in [2.75, 3.05) is 9.80 Å². The van der Waals surface area contributed by atoms with Gasteiger partial charge in [0, 0.05) is 22.7 Å². The van der Waals surface area contributed by atoms with E-state index in [0.29, 0.717) is 0 Å². The molecule has 0 fully saturated rings. The predicted octanol–water partition coefficient (Wildman–Crippen LogP) is 7.52. The van der Waals surface area contributed by atoms with Crippen LogP contribution < -0.4 is 9.80 Å². The minimum absolute atomic E-state index is 0.225. The Morgan fingerprint density at radius 1 is 0.455 bits per heavy atom. The summed E-state index contributed by atoms with van der Waals surface area (Å²) >= 11 is 0. The first-order valence-electron chi connectivity index (χ1n) is 11.3. The van der Waals surface area contributed by atoms with Crippen LogP contribution in [0.25, 0.3) is 0 Å². The van der Waals surface area contributed by atoms with Gasteiger partial charge in [-0.2, -0.15) is 0 Å². The first-order chi connectivity index (χ1) is 16.2. The third-order valence-electron chi connectivity index (χ3n) is 5.92. The Hall–Kier alpha value is -3.82. The van der Waals surface area contributed by atoms with Crippen LogP contribution in [0.15, 0.2) is 121 Å². The molecule has 164 valence electrons. The van der Waals surface area contributed by atoms with Crippen molar-refractivity contribution in [1.29, 1.82) is 0 Å². The second-order valence-electron chi connectivity index (χ2n) is 8.38. The summed E-state index contributed by atoms with van der Waals surface area (Å²) in [6.07, 6.45) is 3.86. The number of para-hydroxylation sites is 2. The lowest BCUT2D eigenvalue weighted by Crippen LogP contribution is -2.37. The van der Waals surface area contributed by atoms with Gasteiger partial charge in [0.1, 0.15) is 0 Å². The molecule has 0 N–H and O–H groups in total. The summed E-state index contributed by atoms with van der Waals surface area (Å²) in [6.45, 7) is 4.22. The van der Waals surface area contributed by atoms with Crippen LogP contribution in [0, 0.1) is 13.8 Å². The van der Waals surface area contributed by atoms with Gasteiger partial charge in [-0.25, -0.2) is 0 Å². The van der Waals surface area contributed by atoms with Crippen molar-refractivity contribution >= 4 is 22.7 Å². The van der Waals surface area contributed by atoms with E-state index in [9.17, 15) is 0 Å². The van der Waals surface area contributed by atoms with Crippen molar-refractivity contribution in [2.24, 2.45) is 0 Å². The fraction of sp³-hybridized carbons (Fsp3) is 0.133. The number of ether oxygens (including phenoxy) is 1. The van der Waals surface area contributed by atoms with Gasteiger partial charge in [0.05, 0.1) is 0 Å². The van der Waals surface area contributed by atoms with Crippen molar-refractivity contribution in [1.82, 2.24) is 0 Å². The second-order valence-corrected chi connectivity index (χ2v) is 8.38. The first-order valence-corrected chi connectivity index (χ1v) is 11.3. The summed E-state index contributed by atoms with van der Waals surface area (Å²) in [5, 5.41) is 0. The van der Waals surface area contributed by atoms with Gasteiger partial charge in [-0.05, 0) is 74.5 Å². The highest BCUT2D eigenvalue weighted by Gasteiger charge is 2.31. The highest BCUT2D eigenvalue weighted by atomic mass is 16.5. The Balaban J connectivity index is 1.49. The van der Waals surface area contributed by atoms with E-state index in [0.717, 1.165) is 22.7 Å². The highest BCUT2D eigenvalue weighted by Crippen LogP contribution is 2.36. The third kappa shape index (κ3) is 4.55. The van der Waals surface area contributed by atoms with Gasteiger partial charge in [0.25, 0.3) is 0 Å². The molecular formula is C30H28N2O. The molecule has 1 aliphatic heterocycles. The SMILES string of the molecule is Cc1ccc(N(c2ccccc2)C2C=CC(N(c3ccccc3)c3ccc(C)cc3)O2)cc1. The van der Waals surface area contributed by atoms with Crippen molar-refractivity contribution in [3.63, 3.8) is 0 Å². The lowest BCUT2D eigenvalue weighted by atomic mass is 10.2. The van der Waals surface area contributed by atoms with Crippen LogP contribution in [0.3, 0.4) is 0 Å². The number of hydrogen-bond acceptors (Lipinski definition) is 3. The lowest BCUT2D eigenvalue weighted by Gasteiger charge is -2.34. The van der Waals surface area contributed by atoms with Crippen LogP contribution in [0.4, 0.5) is 22.7 Å². The lowest BCUT2D eigenvalue weighted by molar-refractivity contribution is 0.0685. The predicted molar refractivity (Wildman–Crippen MR) is 137 cm³/mol. The molecule has 0 aromatic heterocycles. The Morgan fingerprint density at radius 3 is 1.15 bits per heavy atom. The molecule has 4 aromatic carbocycles. The third-order valence-corrected chi connectivity index (χ3v) is 5.92. The molecule has 0 amide bonds. The minimum Gasteiger partial charge on any atom is -0.327 e. The monoisotopic (exact) mass is 432 g/mol. The van der Waals surface area contributed by atoms with Crippen LogP contribution in [-0.4, -0.2) is 12.5 Å². The van der Waals surface area contributed by atoms with E-state index in [1.54, 1.807) is 0 Å². The molecule has 4 aromatic rings. The summed E-state index contributed by atoms with van der Waals surface area (Å²) in [5.41, 5.74) is 6.87. The van der Waals surface area contributed by atoms with Crippen LogP contribution in [0.2, 0.25) is 0 Å². The van der Waals surface area contributed by atoms with Crippen LogP contribution in [0.1, 0.15) is 11.1 Å². The molecule has 3 nitrogen and oxygen atoms in total. The standard InChI is InChI=1S/C30H28N2O/c1-23-13-17-27(18-14-23)31(25-9-5-3-6-10-25)29-21-22-30(33-29)32(26-11-7-4-8-12-26)28-19-15-24(2)16-20-28/h3-22,29-30H,1-2H3. The van der Waals surface area contributed by atoms with Gasteiger partial charge >= 0.3 is 0 Å². The fourth-order valence-electron chi connectivity index (χ4n) is 4.19. The van der Waals surface area contributed by atoms with E-state index in [2.05, 4.69) is 133 Å². The smallest absolute Gasteiger partial charge is 0.156 e. The zero-order chi connectivity index (χ0) is 22.6. The zero-order valence-electron chi connectivity index (χ0n) is 19.0. The molecule has 5 rings (SSSR count). The average Bonchev–Trinajstić information content (AvgIpc) is 3.32. The van der Waals surface area contributed by atoms with Gasteiger partial charge in [-0.15, -0.1) is 0 Å². The Labute approximate surface area is 196 Å². The topological polar surface area (TPSA) is 15.7 Å². The van der Waals surface area contributed by atoms with E-state index >= 15 is 0 Å². The number of aryl methyl sites for hydroxylation is 2. The highest BCUT2D eigenvalue weighted by molar-refractivity contribution is 5.67. The van der Waals surface area contributed by atoms with Crippen molar-refractivity contribution < 1.29 is 4.74 Å². The molecule has 0 saturated carbocycles.